The molecule has 242 valence electrons. The first-order chi connectivity index (χ1) is 21.2. The van der Waals surface area contributed by atoms with Gasteiger partial charge in [0.05, 0.1) is 16.1 Å². The Kier molecular flexibility index (Phi) is 11.1. The number of sulfonamides is 1. The monoisotopic (exact) mass is 683 g/mol. The predicted molar refractivity (Wildman–Crippen MR) is 169 cm³/mol. The summed E-state index contributed by atoms with van der Waals surface area (Å²) in [7, 11) is -4.55. The Balaban J connectivity index is 1.78. The molecule has 1 atom stereocenters. The Morgan fingerprint density at radius 1 is 1.00 bits per heavy atom. The summed E-state index contributed by atoms with van der Waals surface area (Å²) < 4.78 is 69.7. The predicted octanol–water partition coefficient (Wildman–Crippen LogP) is 7.38. The Morgan fingerprint density at radius 3 is 2.27 bits per heavy atom. The third-order valence-electron chi connectivity index (χ3n) is 7.79. The van der Waals surface area contributed by atoms with E-state index in [4.69, 9.17) is 23.2 Å². The minimum Gasteiger partial charge on any atom is -0.352 e. The van der Waals surface area contributed by atoms with Gasteiger partial charge in [-0.3, -0.25) is 13.9 Å². The van der Waals surface area contributed by atoms with Crippen molar-refractivity contribution < 1.29 is 31.2 Å². The lowest BCUT2D eigenvalue weighted by Gasteiger charge is -2.34. The van der Waals surface area contributed by atoms with Crippen LogP contribution in [0.25, 0.3) is 0 Å². The van der Waals surface area contributed by atoms with Gasteiger partial charge in [-0.15, -0.1) is 0 Å². The average molecular weight is 685 g/mol. The molecule has 2 amide bonds. The maximum absolute atomic E-state index is 14.2. The van der Waals surface area contributed by atoms with Gasteiger partial charge in [-0.1, -0.05) is 72.8 Å². The molecule has 0 spiro atoms. The minimum atomic E-state index is -4.76. The molecule has 1 aliphatic carbocycles. The highest BCUT2D eigenvalue weighted by Gasteiger charge is 2.36. The topological polar surface area (TPSA) is 86.8 Å². The Bertz CT molecular complexity index is 1630. The second kappa shape index (κ2) is 14.4. The smallest absolute Gasteiger partial charge is 0.352 e. The molecule has 0 saturated heterocycles. The van der Waals surface area contributed by atoms with Gasteiger partial charge in [-0.05, 0) is 74.2 Å². The van der Waals surface area contributed by atoms with Crippen molar-refractivity contribution in [3.05, 3.63) is 93.5 Å². The summed E-state index contributed by atoms with van der Waals surface area (Å²) in [6.45, 7) is 2.42. The lowest BCUT2D eigenvalue weighted by molar-refractivity contribution is -0.140. The number of aryl methyl sites for hydroxylation is 1. The number of nitrogens with zero attached hydrogens (tertiary/aromatic N) is 2. The molecule has 0 aromatic heterocycles. The van der Waals surface area contributed by atoms with E-state index >= 15 is 0 Å². The second-order valence-corrected chi connectivity index (χ2v) is 13.8. The summed E-state index contributed by atoms with van der Waals surface area (Å²) in [6.07, 6.45) is -1.04. The van der Waals surface area contributed by atoms with Crippen LogP contribution in [-0.2, 0) is 32.3 Å². The first-order valence-electron chi connectivity index (χ1n) is 14.5. The van der Waals surface area contributed by atoms with E-state index in [1.54, 1.807) is 38.1 Å². The summed E-state index contributed by atoms with van der Waals surface area (Å²) in [4.78, 5) is 28.8. The largest absolute Gasteiger partial charge is 0.416 e. The highest BCUT2D eigenvalue weighted by molar-refractivity contribution is 7.92. The van der Waals surface area contributed by atoms with Crippen molar-refractivity contribution in [2.24, 2.45) is 0 Å². The van der Waals surface area contributed by atoms with Gasteiger partial charge in [0.1, 0.15) is 12.6 Å². The van der Waals surface area contributed by atoms with Crippen molar-refractivity contribution in [3.8, 4) is 0 Å². The van der Waals surface area contributed by atoms with Crippen molar-refractivity contribution in [1.29, 1.82) is 0 Å². The number of hydrogen-bond acceptors (Lipinski definition) is 4. The molecule has 13 heteroatoms. The third-order valence-corrected chi connectivity index (χ3v) is 10.2. The van der Waals surface area contributed by atoms with E-state index in [0.29, 0.717) is 21.0 Å². The quantitative estimate of drug-likeness (QED) is 0.229. The number of benzene rings is 3. The van der Waals surface area contributed by atoms with Gasteiger partial charge in [0.25, 0.3) is 10.0 Å². The van der Waals surface area contributed by atoms with Gasteiger partial charge < -0.3 is 10.2 Å². The summed E-state index contributed by atoms with van der Waals surface area (Å²) >= 11 is 12.5. The summed E-state index contributed by atoms with van der Waals surface area (Å²) in [5, 5.41) is 3.59. The van der Waals surface area contributed by atoms with E-state index in [-0.39, 0.29) is 34.6 Å². The van der Waals surface area contributed by atoms with E-state index in [0.717, 1.165) is 43.4 Å². The number of halogens is 5. The van der Waals surface area contributed by atoms with Gasteiger partial charge in [-0.25, -0.2) is 8.42 Å². The van der Waals surface area contributed by atoms with Crippen molar-refractivity contribution >= 4 is 50.7 Å². The van der Waals surface area contributed by atoms with Crippen LogP contribution in [-0.4, -0.2) is 43.8 Å². The van der Waals surface area contributed by atoms with Crippen LogP contribution < -0.4 is 9.62 Å². The molecular formula is C32H34Cl2F3N3O4S. The minimum absolute atomic E-state index is 0.0499. The highest BCUT2D eigenvalue weighted by atomic mass is 35.5. The molecule has 1 N–H and O–H groups in total. The van der Waals surface area contributed by atoms with Crippen LogP contribution >= 0.6 is 23.2 Å². The fourth-order valence-corrected chi connectivity index (χ4v) is 7.20. The maximum Gasteiger partial charge on any atom is 0.416 e. The van der Waals surface area contributed by atoms with Gasteiger partial charge >= 0.3 is 6.18 Å². The van der Waals surface area contributed by atoms with Gasteiger partial charge in [-0.2, -0.15) is 13.2 Å². The zero-order chi connectivity index (χ0) is 32.9. The molecule has 1 aliphatic rings. The lowest BCUT2D eigenvalue weighted by atomic mass is 10.1. The van der Waals surface area contributed by atoms with Crippen LogP contribution in [0.3, 0.4) is 0 Å². The maximum atomic E-state index is 14.2. The third kappa shape index (κ3) is 8.51. The number of hydrogen-bond donors (Lipinski definition) is 1. The second-order valence-electron chi connectivity index (χ2n) is 11.0. The van der Waals surface area contributed by atoms with Gasteiger partial charge in [0.15, 0.2) is 0 Å². The normalized spacial score (nSPS) is 14.6. The number of amides is 2. The van der Waals surface area contributed by atoms with E-state index in [9.17, 15) is 31.2 Å². The van der Waals surface area contributed by atoms with Gasteiger partial charge in [0, 0.05) is 22.6 Å². The van der Waals surface area contributed by atoms with Crippen LogP contribution in [0, 0.1) is 6.92 Å². The molecule has 4 rings (SSSR count). The average Bonchev–Trinajstić information content (AvgIpc) is 3.49. The van der Waals surface area contributed by atoms with Crippen molar-refractivity contribution in [2.45, 2.75) is 75.7 Å². The van der Waals surface area contributed by atoms with E-state index in [1.807, 2.05) is 0 Å². The SMILES string of the molecule is CC[C@@H](C(=O)NC1CCCC1)N(Cc1ccc(Cl)cc1Cl)C(=O)CN(c1cccc(C(F)(F)F)c1)S(=O)(=O)c1ccc(C)cc1. The molecule has 3 aromatic rings. The van der Waals surface area contributed by atoms with Crippen LogP contribution in [0.5, 0.6) is 0 Å². The van der Waals surface area contributed by atoms with Gasteiger partial charge in [0.2, 0.25) is 11.8 Å². The Morgan fingerprint density at radius 2 is 1.67 bits per heavy atom. The summed E-state index contributed by atoms with van der Waals surface area (Å²) in [5.41, 5.74) is -0.218. The van der Waals surface area contributed by atoms with Crippen LogP contribution in [0.2, 0.25) is 10.0 Å². The zero-order valence-corrected chi connectivity index (χ0v) is 27.1. The van der Waals surface area contributed by atoms with E-state index < -0.39 is 46.2 Å². The molecular weight excluding hydrogens is 650 g/mol. The molecule has 1 saturated carbocycles. The fraction of sp³-hybridized carbons (Fsp3) is 0.375. The molecule has 45 heavy (non-hydrogen) atoms. The summed E-state index contributed by atoms with van der Waals surface area (Å²) in [5.74, 6) is -1.21. The number of alkyl halides is 3. The van der Waals surface area contributed by atoms with E-state index in [2.05, 4.69) is 5.32 Å². The number of carbonyl (C=O) groups excluding carboxylic acids is 2. The molecule has 0 radical (unpaired) electrons. The first kappa shape index (κ1) is 34.6. The zero-order valence-electron chi connectivity index (χ0n) is 24.8. The molecule has 3 aromatic carbocycles. The molecule has 0 unspecified atom stereocenters. The lowest BCUT2D eigenvalue weighted by Crippen LogP contribution is -2.53. The molecule has 0 bridgehead atoms. The number of nitrogens with one attached hydrogen (secondary N) is 1. The number of anilines is 1. The Hall–Kier alpha value is -3.28. The Labute approximate surface area is 271 Å². The van der Waals surface area contributed by atoms with Crippen LogP contribution in [0.1, 0.15) is 55.7 Å². The van der Waals surface area contributed by atoms with Crippen LogP contribution in [0.4, 0.5) is 18.9 Å². The molecule has 1 fully saturated rings. The van der Waals surface area contributed by atoms with E-state index in [1.165, 1.54) is 29.2 Å². The standard InChI is InChI=1S/C32H34Cl2F3N3O4S/c1-3-29(31(42)38-25-8-4-5-9-25)39(19-22-13-14-24(33)18-28(22)34)30(41)20-40(26-10-6-7-23(17-26)32(35,36)37)45(43,44)27-15-11-21(2)12-16-27/h6-7,10-18,25,29H,3-5,8-9,19-20H2,1-2H3,(H,38,42)/t29-/m0/s1. The number of rotatable bonds is 11. The van der Waals surface area contributed by atoms with Crippen molar-refractivity contribution in [2.75, 3.05) is 10.8 Å². The first-order valence-corrected chi connectivity index (χ1v) is 16.7. The molecule has 0 heterocycles. The number of carbonyl (C=O) groups is 2. The summed E-state index contributed by atoms with van der Waals surface area (Å²) in [6, 6.07) is 13.1. The molecule has 0 aliphatic heterocycles. The van der Waals surface area contributed by atoms with Crippen molar-refractivity contribution in [3.63, 3.8) is 0 Å². The fourth-order valence-electron chi connectivity index (χ4n) is 5.32. The van der Waals surface area contributed by atoms with Crippen molar-refractivity contribution in [1.82, 2.24) is 10.2 Å². The molecule has 7 nitrogen and oxygen atoms in total. The van der Waals surface area contributed by atoms with Crippen LogP contribution in [0.15, 0.2) is 71.6 Å². The highest BCUT2D eigenvalue weighted by Crippen LogP contribution is 2.34.